The van der Waals surface area contributed by atoms with Crippen molar-refractivity contribution >= 4 is 0 Å². The van der Waals surface area contributed by atoms with E-state index in [1.54, 1.807) is 12.3 Å². The molecule has 19 heavy (non-hydrogen) atoms. The zero-order valence-electron chi connectivity index (χ0n) is 10.8. The van der Waals surface area contributed by atoms with Gasteiger partial charge >= 0.3 is 6.18 Å². The van der Waals surface area contributed by atoms with Crippen LogP contribution in [-0.4, -0.2) is 21.9 Å². The molecule has 1 aliphatic carbocycles. The van der Waals surface area contributed by atoms with Gasteiger partial charge in [0.1, 0.15) is 0 Å². The predicted molar refractivity (Wildman–Crippen MR) is 64.4 cm³/mol. The molecule has 1 heterocycles. The van der Waals surface area contributed by atoms with Crippen molar-refractivity contribution in [1.29, 1.82) is 0 Å². The van der Waals surface area contributed by atoms with Crippen molar-refractivity contribution in [3.8, 4) is 0 Å². The van der Waals surface area contributed by atoms with Crippen molar-refractivity contribution in [3.63, 3.8) is 0 Å². The van der Waals surface area contributed by atoms with Gasteiger partial charge in [-0.25, -0.2) is 0 Å². The Balaban J connectivity index is 2.16. The van der Waals surface area contributed by atoms with Crippen molar-refractivity contribution in [3.05, 3.63) is 29.6 Å². The zero-order chi connectivity index (χ0) is 14.5. The monoisotopic (exact) mass is 274 g/mol. The van der Waals surface area contributed by atoms with Crippen molar-refractivity contribution in [1.82, 2.24) is 4.98 Å². The van der Waals surface area contributed by atoms with Crippen LogP contribution in [0.15, 0.2) is 18.3 Å². The molecule has 6 heteroatoms. The average Bonchev–Trinajstić information content (AvgIpc) is 2.25. The first-order chi connectivity index (χ1) is 8.57. The molecule has 0 amide bonds. The van der Waals surface area contributed by atoms with Crippen molar-refractivity contribution in [2.45, 2.75) is 49.9 Å². The van der Waals surface area contributed by atoms with Gasteiger partial charge in [-0.15, -0.1) is 0 Å². The minimum Gasteiger partial charge on any atom is -0.380 e. The molecule has 3 nitrogen and oxygen atoms in total. The Labute approximate surface area is 109 Å². The molecule has 0 saturated heterocycles. The van der Waals surface area contributed by atoms with Crippen LogP contribution in [0.5, 0.6) is 0 Å². The molecule has 0 aromatic carbocycles. The molecular formula is C13H17F3N2O. The van der Waals surface area contributed by atoms with Gasteiger partial charge in [-0.05, 0) is 17.5 Å². The molecule has 1 aromatic heterocycles. The third-order valence-corrected chi connectivity index (χ3v) is 3.71. The zero-order valence-corrected chi connectivity index (χ0v) is 10.8. The highest BCUT2D eigenvalue weighted by molar-refractivity contribution is 5.27. The highest BCUT2D eigenvalue weighted by Crippen LogP contribution is 2.53. The molecule has 106 valence electrons. The summed E-state index contributed by atoms with van der Waals surface area (Å²) >= 11 is 0. The minimum absolute atomic E-state index is 0.295. The van der Waals surface area contributed by atoms with Crippen molar-refractivity contribution in [2.24, 2.45) is 5.73 Å². The van der Waals surface area contributed by atoms with Gasteiger partial charge in [0, 0.05) is 19.0 Å². The molecule has 0 spiro atoms. The van der Waals surface area contributed by atoms with E-state index in [1.807, 2.05) is 19.9 Å². The quantitative estimate of drug-likeness (QED) is 0.871. The van der Waals surface area contributed by atoms with Gasteiger partial charge in [-0.2, -0.15) is 13.2 Å². The number of nitrogens with zero attached hydrogens (tertiary/aromatic N) is 1. The van der Waals surface area contributed by atoms with Crippen LogP contribution in [0.2, 0.25) is 0 Å². The number of nitrogens with two attached hydrogens (primary N) is 1. The summed E-state index contributed by atoms with van der Waals surface area (Å²) in [7, 11) is 0. The van der Waals surface area contributed by atoms with Crippen LogP contribution in [0.1, 0.15) is 43.9 Å². The fraction of sp³-hybridized carbons (Fsp3) is 0.615. The summed E-state index contributed by atoms with van der Waals surface area (Å²) in [5.74, 6) is 0.295. The molecule has 1 fully saturated rings. The lowest BCUT2D eigenvalue weighted by Crippen LogP contribution is -2.66. The van der Waals surface area contributed by atoms with E-state index in [1.165, 1.54) is 0 Å². The van der Waals surface area contributed by atoms with Crippen LogP contribution in [0, 0.1) is 0 Å². The number of aromatic nitrogens is 1. The van der Waals surface area contributed by atoms with Gasteiger partial charge in [0.15, 0.2) is 5.60 Å². The first-order valence-corrected chi connectivity index (χ1v) is 6.12. The molecule has 2 rings (SSSR count). The first kappa shape index (κ1) is 14.3. The van der Waals surface area contributed by atoms with Crippen LogP contribution < -0.4 is 5.73 Å². The lowest BCUT2D eigenvalue weighted by molar-refractivity contribution is -0.304. The number of alkyl halides is 3. The summed E-state index contributed by atoms with van der Waals surface area (Å²) in [5.41, 5.74) is 3.42. The van der Waals surface area contributed by atoms with E-state index < -0.39 is 30.2 Å². The van der Waals surface area contributed by atoms with E-state index in [4.69, 9.17) is 5.73 Å². The second kappa shape index (κ2) is 4.18. The number of aliphatic hydroxyl groups is 1. The van der Waals surface area contributed by atoms with Crippen LogP contribution >= 0.6 is 0 Å². The summed E-state index contributed by atoms with van der Waals surface area (Å²) in [6.07, 6.45) is -4.11. The smallest absolute Gasteiger partial charge is 0.380 e. The summed E-state index contributed by atoms with van der Waals surface area (Å²) in [5, 5.41) is 9.45. The molecule has 1 aliphatic rings. The number of hydrogen-bond donors (Lipinski definition) is 2. The summed E-state index contributed by atoms with van der Waals surface area (Å²) in [6, 6.07) is 3.46. The third kappa shape index (κ3) is 2.34. The number of rotatable bonds is 2. The normalized spacial score (nSPS) is 31.4. The second-order valence-corrected chi connectivity index (χ2v) is 5.67. The number of pyridine rings is 1. The largest absolute Gasteiger partial charge is 0.417 e. The highest BCUT2D eigenvalue weighted by atomic mass is 19.4. The van der Waals surface area contributed by atoms with Gasteiger partial charge in [-0.3, -0.25) is 4.98 Å². The van der Waals surface area contributed by atoms with E-state index >= 15 is 0 Å². The van der Waals surface area contributed by atoms with Gasteiger partial charge in [0.05, 0.1) is 11.2 Å². The Hall–Kier alpha value is -1.14. The van der Waals surface area contributed by atoms with E-state index in [0.717, 1.165) is 5.56 Å². The van der Waals surface area contributed by atoms with Gasteiger partial charge < -0.3 is 10.8 Å². The van der Waals surface area contributed by atoms with Crippen LogP contribution in [0.4, 0.5) is 13.2 Å². The Morgan fingerprint density at radius 1 is 1.32 bits per heavy atom. The highest BCUT2D eigenvalue weighted by Gasteiger charge is 2.66. The Bertz CT molecular complexity index is 462. The van der Waals surface area contributed by atoms with Crippen molar-refractivity contribution in [2.75, 3.05) is 0 Å². The molecule has 0 bridgehead atoms. The van der Waals surface area contributed by atoms with E-state index in [-0.39, 0.29) is 0 Å². The van der Waals surface area contributed by atoms with E-state index in [9.17, 15) is 18.3 Å². The molecule has 0 atom stereocenters. The van der Waals surface area contributed by atoms with Crippen molar-refractivity contribution < 1.29 is 18.3 Å². The maximum absolute atomic E-state index is 12.6. The second-order valence-electron chi connectivity index (χ2n) is 5.67. The Kier molecular flexibility index (Phi) is 3.14. The van der Waals surface area contributed by atoms with E-state index in [2.05, 4.69) is 4.98 Å². The van der Waals surface area contributed by atoms with E-state index in [0.29, 0.717) is 11.6 Å². The van der Waals surface area contributed by atoms with Crippen LogP contribution in [0.25, 0.3) is 0 Å². The topological polar surface area (TPSA) is 59.1 Å². The molecule has 1 saturated carbocycles. The molecule has 1 aromatic rings. The first-order valence-electron chi connectivity index (χ1n) is 6.12. The lowest BCUT2D eigenvalue weighted by Gasteiger charge is -2.51. The maximum Gasteiger partial charge on any atom is 0.417 e. The third-order valence-electron chi connectivity index (χ3n) is 3.71. The molecule has 3 N–H and O–H groups in total. The minimum atomic E-state index is -4.65. The number of hydrogen-bond acceptors (Lipinski definition) is 3. The summed E-state index contributed by atoms with van der Waals surface area (Å²) in [6.45, 7) is 4.00. The maximum atomic E-state index is 12.6. The Morgan fingerprint density at radius 2 is 1.89 bits per heavy atom. The molecule has 0 aliphatic heterocycles. The summed E-state index contributed by atoms with van der Waals surface area (Å²) in [4.78, 5) is 4.14. The standard InChI is InChI=1S/C13H17F3N2O/c1-8(2)9-3-4-10(18-5-9)11(17)6-12(19,7-11)13(14,15)16/h3-5,8,19H,6-7,17H2,1-2H3. The molecular weight excluding hydrogens is 257 g/mol. The van der Waals surface area contributed by atoms with Gasteiger partial charge in [0.25, 0.3) is 0 Å². The average molecular weight is 274 g/mol. The number of halogens is 3. The lowest BCUT2D eigenvalue weighted by atomic mass is 9.63. The summed E-state index contributed by atoms with van der Waals surface area (Å²) < 4.78 is 37.8. The molecule has 0 unspecified atom stereocenters. The fourth-order valence-electron chi connectivity index (χ4n) is 2.41. The predicted octanol–water partition coefficient (Wildman–Crippen LogP) is 2.45. The fourth-order valence-corrected chi connectivity index (χ4v) is 2.41. The van der Waals surface area contributed by atoms with Gasteiger partial charge in [-0.1, -0.05) is 19.9 Å². The molecule has 0 radical (unpaired) electrons. The van der Waals surface area contributed by atoms with Crippen LogP contribution in [-0.2, 0) is 5.54 Å². The van der Waals surface area contributed by atoms with Crippen LogP contribution in [0.3, 0.4) is 0 Å². The Morgan fingerprint density at radius 3 is 2.26 bits per heavy atom. The van der Waals surface area contributed by atoms with Gasteiger partial charge in [0.2, 0.25) is 0 Å². The SMILES string of the molecule is CC(C)c1ccc(C2(N)CC(O)(C(F)(F)F)C2)nc1.